The Bertz CT molecular complexity index is 1350. The van der Waals surface area contributed by atoms with Crippen molar-refractivity contribution in [2.24, 2.45) is 0 Å². The molecule has 4 heterocycles. The largest absolute Gasteiger partial charge is 0.474 e. The van der Waals surface area contributed by atoms with Crippen molar-refractivity contribution in [2.45, 2.75) is 19.3 Å². The lowest BCUT2D eigenvalue weighted by atomic mass is 9.98. The number of nitrogens with zero attached hydrogens (tertiary/aromatic N) is 2. The summed E-state index contributed by atoms with van der Waals surface area (Å²) < 4.78 is 5.57. The van der Waals surface area contributed by atoms with E-state index in [1.807, 2.05) is 19.1 Å². The van der Waals surface area contributed by atoms with Crippen LogP contribution in [0.3, 0.4) is 0 Å². The summed E-state index contributed by atoms with van der Waals surface area (Å²) in [6.07, 6.45) is 3.59. The van der Waals surface area contributed by atoms with E-state index in [-0.39, 0.29) is 17.4 Å². The molecule has 10 heteroatoms. The van der Waals surface area contributed by atoms with Gasteiger partial charge in [0, 0.05) is 49.9 Å². The number of carbonyl (C=O) groups excluding carboxylic acids is 2. The molecule has 35 heavy (non-hydrogen) atoms. The number of aromatic amines is 1. The number of fused-ring (bicyclic) bond motifs is 1. The Kier molecular flexibility index (Phi) is 5.86. The molecule has 1 unspecified atom stereocenters. The lowest BCUT2D eigenvalue weighted by Crippen LogP contribution is -2.25. The number of anilines is 4. The summed E-state index contributed by atoms with van der Waals surface area (Å²) in [4.78, 5) is 46.2. The minimum absolute atomic E-state index is 0.0408. The SMILES string of the molecule is Cc1c(Nc2cc[nH]c(=O)c2C(=O)Nc2ccc(C3CC(=O)N(C)C3)cc2)cnc2c1NCCO2. The number of aromatic nitrogens is 2. The van der Waals surface area contributed by atoms with Crippen molar-refractivity contribution in [3.8, 4) is 5.88 Å². The molecule has 1 atom stereocenters. The Hall–Kier alpha value is -4.34. The zero-order chi connectivity index (χ0) is 24.5. The van der Waals surface area contributed by atoms with Gasteiger partial charge in [0.05, 0.1) is 17.6 Å². The first-order chi connectivity index (χ1) is 16.9. The Morgan fingerprint density at radius 1 is 1.17 bits per heavy atom. The average molecular weight is 475 g/mol. The van der Waals surface area contributed by atoms with E-state index >= 15 is 0 Å². The molecule has 1 aromatic carbocycles. The number of hydrogen-bond acceptors (Lipinski definition) is 7. The molecule has 1 fully saturated rings. The maximum atomic E-state index is 13.1. The van der Waals surface area contributed by atoms with Gasteiger partial charge in [0.25, 0.3) is 11.5 Å². The molecule has 3 aromatic rings. The number of ether oxygens (including phenoxy) is 1. The van der Waals surface area contributed by atoms with E-state index in [9.17, 15) is 14.4 Å². The van der Waals surface area contributed by atoms with Gasteiger partial charge in [0.2, 0.25) is 11.8 Å². The molecule has 0 aliphatic carbocycles. The average Bonchev–Trinajstić information content (AvgIpc) is 3.19. The van der Waals surface area contributed by atoms with E-state index in [2.05, 4.69) is 25.9 Å². The zero-order valence-electron chi connectivity index (χ0n) is 19.5. The molecule has 1 saturated heterocycles. The molecule has 0 bridgehead atoms. The standard InChI is InChI=1S/C25H26N6O4/c1-14-19(12-28-25-22(14)26-9-10-35-25)30-18-7-8-27-23(33)21(18)24(34)29-17-5-3-15(4-6-17)16-11-20(32)31(2)13-16/h3-8,12,16,26H,9-11,13H2,1-2H3,(H,29,34)(H2,27,30,33). The lowest BCUT2D eigenvalue weighted by molar-refractivity contribution is -0.126. The molecule has 2 amide bonds. The molecule has 10 nitrogen and oxygen atoms in total. The molecule has 0 saturated carbocycles. The monoisotopic (exact) mass is 474 g/mol. The molecule has 4 N–H and O–H groups in total. The molecular weight excluding hydrogens is 448 g/mol. The summed E-state index contributed by atoms with van der Waals surface area (Å²) in [5, 5.41) is 9.25. The highest BCUT2D eigenvalue weighted by molar-refractivity contribution is 6.08. The van der Waals surface area contributed by atoms with E-state index in [0.29, 0.717) is 49.1 Å². The third-order valence-corrected chi connectivity index (χ3v) is 6.38. The fraction of sp³-hybridized carbons (Fsp3) is 0.280. The van der Waals surface area contributed by atoms with Crippen molar-refractivity contribution in [2.75, 3.05) is 42.7 Å². The van der Waals surface area contributed by atoms with Gasteiger partial charge in [-0.3, -0.25) is 14.4 Å². The van der Waals surface area contributed by atoms with Crippen molar-refractivity contribution in [1.82, 2.24) is 14.9 Å². The Morgan fingerprint density at radius 2 is 1.97 bits per heavy atom. The minimum Gasteiger partial charge on any atom is -0.474 e. The van der Waals surface area contributed by atoms with Crippen LogP contribution in [-0.4, -0.2) is 53.4 Å². The second kappa shape index (κ2) is 9.13. The van der Waals surface area contributed by atoms with E-state index < -0.39 is 11.5 Å². The van der Waals surface area contributed by atoms with Crippen molar-refractivity contribution < 1.29 is 14.3 Å². The van der Waals surface area contributed by atoms with Gasteiger partial charge in [0.15, 0.2) is 0 Å². The van der Waals surface area contributed by atoms with Crippen molar-refractivity contribution >= 4 is 34.6 Å². The van der Waals surface area contributed by atoms with Crippen LogP contribution in [0.15, 0.2) is 47.5 Å². The fourth-order valence-corrected chi connectivity index (χ4v) is 4.42. The highest BCUT2D eigenvalue weighted by Gasteiger charge is 2.28. The highest BCUT2D eigenvalue weighted by Crippen LogP contribution is 2.34. The number of amides is 2. The second-order valence-electron chi connectivity index (χ2n) is 8.72. The van der Waals surface area contributed by atoms with E-state index in [1.54, 1.807) is 36.3 Å². The van der Waals surface area contributed by atoms with Gasteiger partial charge in [-0.2, -0.15) is 0 Å². The maximum absolute atomic E-state index is 13.1. The number of H-pyrrole nitrogens is 1. The molecular formula is C25H26N6O4. The van der Waals surface area contributed by atoms with Gasteiger partial charge in [-0.15, -0.1) is 0 Å². The number of benzene rings is 1. The van der Waals surface area contributed by atoms with Gasteiger partial charge in [-0.25, -0.2) is 4.98 Å². The number of hydrogen-bond donors (Lipinski definition) is 4. The Balaban J connectivity index is 1.36. The number of pyridine rings is 2. The third kappa shape index (κ3) is 4.42. The van der Waals surface area contributed by atoms with E-state index in [0.717, 1.165) is 16.8 Å². The summed E-state index contributed by atoms with van der Waals surface area (Å²) in [7, 11) is 1.80. The van der Waals surface area contributed by atoms with Gasteiger partial charge in [0.1, 0.15) is 17.9 Å². The normalized spacial score (nSPS) is 16.8. The van der Waals surface area contributed by atoms with Crippen LogP contribution in [0, 0.1) is 6.92 Å². The predicted molar refractivity (Wildman–Crippen MR) is 133 cm³/mol. The van der Waals surface area contributed by atoms with Crippen LogP contribution in [0.5, 0.6) is 5.88 Å². The minimum atomic E-state index is -0.539. The van der Waals surface area contributed by atoms with Gasteiger partial charge < -0.3 is 30.6 Å². The van der Waals surface area contributed by atoms with Crippen LogP contribution in [0.2, 0.25) is 0 Å². The molecule has 5 rings (SSSR count). The summed E-state index contributed by atoms with van der Waals surface area (Å²) in [5.41, 5.74) is 3.70. The summed E-state index contributed by atoms with van der Waals surface area (Å²) in [6, 6.07) is 9.00. The number of carbonyl (C=O) groups is 2. The first-order valence-corrected chi connectivity index (χ1v) is 11.4. The molecule has 2 aliphatic rings. The van der Waals surface area contributed by atoms with Crippen molar-refractivity contribution in [3.63, 3.8) is 0 Å². The summed E-state index contributed by atoms with van der Waals surface area (Å²) in [5.74, 6) is 0.255. The number of rotatable bonds is 5. The highest BCUT2D eigenvalue weighted by atomic mass is 16.5. The first kappa shape index (κ1) is 22.5. The number of nitrogens with one attached hydrogen (secondary N) is 4. The Morgan fingerprint density at radius 3 is 2.71 bits per heavy atom. The molecule has 2 aliphatic heterocycles. The van der Waals surface area contributed by atoms with Crippen LogP contribution < -0.4 is 26.2 Å². The topological polar surface area (TPSA) is 128 Å². The van der Waals surface area contributed by atoms with E-state index in [4.69, 9.17) is 4.74 Å². The van der Waals surface area contributed by atoms with Crippen LogP contribution in [0.4, 0.5) is 22.7 Å². The van der Waals surface area contributed by atoms with Crippen molar-refractivity contribution in [1.29, 1.82) is 0 Å². The van der Waals surface area contributed by atoms with E-state index in [1.165, 1.54) is 6.20 Å². The predicted octanol–water partition coefficient (Wildman–Crippen LogP) is 2.82. The zero-order valence-corrected chi connectivity index (χ0v) is 19.5. The molecule has 2 aromatic heterocycles. The first-order valence-electron chi connectivity index (χ1n) is 11.4. The van der Waals surface area contributed by atoms with Gasteiger partial charge in [-0.1, -0.05) is 12.1 Å². The van der Waals surface area contributed by atoms with Crippen LogP contribution >= 0.6 is 0 Å². The van der Waals surface area contributed by atoms with Crippen molar-refractivity contribution in [3.05, 3.63) is 69.8 Å². The lowest BCUT2D eigenvalue weighted by Gasteiger charge is -2.22. The van der Waals surface area contributed by atoms with Crippen LogP contribution in [0.25, 0.3) is 0 Å². The molecule has 0 radical (unpaired) electrons. The quantitative estimate of drug-likeness (QED) is 0.448. The maximum Gasteiger partial charge on any atom is 0.263 e. The molecule has 0 spiro atoms. The summed E-state index contributed by atoms with van der Waals surface area (Å²) in [6.45, 7) is 3.80. The van der Waals surface area contributed by atoms with Gasteiger partial charge in [-0.05, 0) is 30.7 Å². The fourth-order valence-electron chi connectivity index (χ4n) is 4.42. The van der Waals surface area contributed by atoms with Gasteiger partial charge >= 0.3 is 0 Å². The summed E-state index contributed by atoms with van der Waals surface area (Å²) >= 11 is 0. The number of likely N-dealkylation sites (tertiary alicyclic amines) is 1. The third-order valence-electron chi connectivity index (χ3n) is 6.38. The molecule has 180 valence electrons. The number of likely N-dealkylation sites (N-methyl/N-ethyl adjacent to an activating group) is 1. The second-order valence-corrected chi connectivity index (χ2v) is 8.72. The van der Waals surface area contributed by atoms with Crippen LogP contribution in [0.1, 0.15) is 33.8 Å². The van der Waals surface area contributed by atoms with Crippen LogP contribution in [-0.2, 0) is 4.79 Å². The smallest absolute Gasteiger partial charge is 0.263 e. The Labute approximate surface area is 201 Å².